The van der Waals surface area contributed by atoms with Crippen LogP contribution in [0.3, 0.4) is 0 Å². The van der Waals surface area contributed by atoms with Gasteiger partial charge in [-0.25, -0.2) is 4.98 Å². The van der Waals surface area contributed by atoms with E-state index in [1.807, 2.05) is 18.2 Å². The molecule has 2 N–H and O–H groups in total. The standard InChI is InChI=1S/C16H17N3O4/c1-23-15(21)8-4-7-14(20)18-19-16(22)13-10-9-11-5-2-3-6-12(11)17-13/h2-3,5-6,9-10H,4,7-8H2,1H3,(H,18,20)(H,19,22). The summed E-state index contributed by atoms with van der Waals surface area (Å²) in [6.07, 6.45) is 0.618. The van der Waals surface area contributed by atoms with E-state index in [1.165, 1.54) is 7.11 Å². The summed E-state index contributed by atoms with van der Waals surface area (Å²) in [5.41, 5.74) is 5.49. The van der Waals surface area contributed by atoms with Gasteiger partial charge in [0, 0.05) is 18.2 Å². The minimum atomic E-state index is -0.503. The molecule has 0 aliphatic rings. The van der Waals surface area contributed by atoms with Crippen LogP contribution in [-0.2, 0) is 14.3 Å². The van der Waals surface area contributed by atoms with Crippen molar-refractivity contribution in [3.05, 3.63) is 42.1 Å². The molecule has 0 fully saturated rings. The van der Waals surface area contributed by atoms with E-state index in [4.69, 9.17) is 0 Å². The summed E-state index contributed by atoms with van der Waals surface area (Å²) in [4.78, 5) is 38.7. The fourth-order valence-electron chi connectivity index (χ4n) is 1.94. The van der Waals surface area contributed by atoms with Gasteiger partial charge in [-0.1, -0.05) is 24.3 Å². The Balaban J connectivity index is 1.83. The number of methoxy groups -OCH3 is 1. The number of carbonyl (C=O) groups is 3. The lowest BCUT2D eigenvalue weighted by Gasteiger charge is -2.07. The zero-order valence-electron chi connectivity index (χ0n) is 12.7. The number of rotatable bonds is 5. The molecule has 0 aliphatic heterocycles. The van der Waals surface area contributed by atoms with Crippen LogP contribution < -0.4 is 10.9 Å². The van der Waals surface area contributed by atoms with E-state index in [9.17, 15) is 14.4 Å². The molecular formula is C16H17N3O4. The summed E-state index contributed by atoms with van der Waals surface area (Å²) in [5, 5.41) is 0.927. The molecule has 2 aromatic rings. The number of amides is 2. The Kier molecular flexibility index (Phi) is 5.62. The quantitative estimate of drug-likeness (QED) is 0.641. The molecule has 0 saturated carbocycles. The Morgan fingerprint density at radius 1 is 1.04 bits per heavy atom. The van der Waals surface area contributed by atoms with E-state index in [-0.39, 0.29) is 30.4 Å². The molecular weight excluding hydrogens is 298 g/mol. The molecule has 0 atom stereocenters. The van der Waals surface area contributed by atoms with Gasteiger partial charge in [-0.05, 0) is 18.6 Å². The summed E-state index contributed by atoms with van der Waals surface area (Å²) >= 11 is 0. The number of hydrogen-bond acceptors (Lipinski definition) is 5. The van der Waals surface area contributed by atoms with E-state index in [1.54, 1.807) is 18.2 Å². The highest BCUT2D eigenvalue weighted by Crippen LogP contribution is 2.11. The second kappa shape index (κ2) is 7.88. The van der Waals surface area contributed by atoms with Gasteiger partial charge in [0.05, 0.1) is 12.6 Å². The first-order valence-corrected chi connectivity index (χ1v) is 7.12. The minimum Gasteiger partial charge on any atom is -0.469 e. The van der Waals surface area contributed by atoms with E-state index in [2.05, 4.69) is 20.6 Å². The van der Waals surface area contributed by atoms with Crippen molar-refractivity contribution >= 4 is 28.7 Å². The lowest BCUT2D eigenvalue weighted by atomic mass is 10.2. The second-order valence-corrected chi connectivity index (χ2v) is 4.82. The van der Waals surface area contributed by atoms with Gasteiger partial charge in [0.1, 0.15) is 5.69 Å². The highest BCUT2D eigenvalue weighted by molar-refractivity contribution is 5.95. The van der Waals surface area contributed by atoms with Crippen LogP contribution in [0, 0.1) is 0 Å². The molecule has 0 radical (unpaired) electrons. The first kappa shape index (κ1) is 16.4. The molecule has 7 nitrogen and oxygen atoms in total. The lowest BCUT2D eigenvalue weighted by molar-refractivity contribution is -0.140. The number of carbonyl (C=O) groups excluding carboxylic acids is 3. The van der Waals surface area contributed by atoms with Gasteiger partial charge in [0.25, 0.3) is 5.91 Å². The van der Waals surface area contributed by atoms with Crippen molar-refractivity contribution < 1.29 is 19.1 Å². The molecule has 0 saturated heterocycles. The minimum absolute atomic E-state index is 0.112. The molecule has 2 rings (SSSR count). The van der Waals surface area contributed by atoms with Crippen molar-refractivity contribution in [2.24, 2.45) is 0 Å². The molecule has 0 unspecified atom stereocenters. The van der Waals surface area contributed by atoms with Crippen LogP contribution in [0.5, 0.6) is 0 Å². The van der Waals surface area contributed by atoms with E-state index < -0.39 is 5.91 Å². The average molecular weight is 315 g/mol. The van der Waals surface area contributed by atoms with Gasteiger partial charge in [-0.2, -0.15) is 0 Å². The van der Waals surface area contributed by atoms with Crippen molar-refractivity contribution in [3.63, 3.8) is 0 Å². The molecule has 0 bridgehead atoms. The summed E-state index contributed by atoms with van der Waals surface area (Å²) in [6, 6.07) is 10.8. The predicted molar refractivity (Wildman–Crippen MR) is 83.2 cm³/mol. The van der Waals surface area contributed by atoms with Gasteiger partial charge in [-0.15, -0.1) is 0 Å². The molecule has 23 heavy (non-hydrogen) atoms. The Bertz CT molecular complexity index is 730. The Morgan fingerprint density at radius 3 is 2.61 bits per heavy atom. The number of esters is 1. The summed E-state index contributed by atoms with van der Waals surface area (Å²) in [5.74, 6) is -1.26. The van der Waals surface area contributed by atoms with Gasteiger partial charge >= 0.3 is 5.97 Å². The van der Waals surface area contributed by atoms with Crippen LogP contribution in [0.4, 0.5) is 0 Å². The number of benzene rings is 1. The smallest absolute Gasteiger partial charge is 0.305 e. The van der Waals surface area contributed by atoms with Crippen molar-refractivity contribution in [3.8, 4) is 0 Å². The molecule has 2 amide bonds. The van der Waals surface area contributed by atoms with Gasteiger partial charge in [-0.3, -0.25) is 25.2 Å². The van der Waals surface area contributed by atoms with E-state index in [0.717, 1.165) is 5.39 Å². The zero-order valence-corrected chi connectivity index (χ0v) is 12.7. The largest absolute Gasteiger partial charge is 0.469 e. The van der Waals surface area contributed by atoms with Crippen LogP contribution in [-0.4, -0.2) is 29.9 Å². The average Bonchev–Trinajstić information content (AvgIpc) is 2.59. The van der Waals surface area contributed by atoms with Gasteiger partial charge < -0.3 is 4.74 Å². The van der Waals surface area contributed by atoms with Crippen LogP contribution >= 0.6 is 0 Å². The number of nitrogens with one attached hydrogen (secondary N) is 2. The maximum Gasteiger partial charge on any atom is 0.305 e. The number of ether oxygens (including phenoxy) is 1. The maximum absolute atomic E-state index is 12.0. The number of para-hydroxylation sites is 1. The van der Waals surface area contributed by atoms with Gasteiger partial charge in [0.15, 0.2) is 0 Å². The number of fused-ring (bicyclic) bond motifs is 1. The Morgan fingerprint density at radius 2 is 1.83 bits per heavy atom. The third-order valence-corrected chi connectivity index (χ3v) is 3.16. The first-order valence-electron chi connectivity index (χ1n) is 7.12. The summed E-state index contributed by atoms with van der Waals surface area (Å²) < 4.78 is 4.47. The van der Waals surface area contributed by atoms with Crippen LogP contribution in [0.2, 0.25) is 0 Å². The monoisotopic (exact) mass is 315 g/mol. The van der Waals surface area contributed by atoms with Crippen molar-refractivity contribution in [1.82, 2.24) is 15.8 Å². The van der Waals surface area contributed by atoms with Crippen LogP contribution in [0.25, 0.3) is 10.9 Å². The third kappa shape index (κ3) is 4.77. The van der Waals surface area contributed by atoms with Gasteiger partial charge in [0.2, 0.25) is 5.91 Å². The number of aromatic nitrogens is 1. The molecule has 0 aliphatic carbocycles. The molecule has 7 heteroatoms. The Hall–Kier alpha value is -2.96. The number of hydrazine groups is 1. The topological polar surface area (TPSA) is 97.4 Å². The van der Waals surface area contributed by atoms with Crippen LogP contribution in [0.1, 0.15) is 29.8 Å². The number of pyridine rings is 1. The fraction of sp³-hybridized carbons (Fsp3) is 0.250. The maximum atomic E-state index is 12.0. The van der Waals surface area contributed by atoms with Crippen molar-refractivity contribution in [1.29, 1.82) is 0 Å². The zero-order chi connectivity index (χ0) is 16.7. The highest BCUT2D eigenvalue weighted by Gasteiger charge is 2.10. The highest BCUT2D eigenvalue weighted by atomic mass is 16.5. The Labute approximate surface area is 133 Å². The molecule has 1 heterocycles. The van der Waals surface area contributed by atoms with Crippen molar-refractivity contribution in [2.45, 2.75) is 19.3 Å². The third-order valence-electron chi connectivity index (χ3n) is 3.16. The summed E-state index contributed by atoms with van der Waals surface area (Å²) in [6.45, 7) is 0. The molecule has 0 spiro atoms. The summed E-state index contributed by atoms with van der Waals surface area (Å²) in [7, 11) is 1.29. The second-order valence-electron chi connectivity index (χ2n) is 4.82. The first-order chi connectivity index (χ1) is 11.1. The lowest BCUT2D eigenvalue weighted by Crippen LogP contribution is -2.41. The number of hydrogen-bond donors (Lipinski definition) is 2. The fourth-order valence-corrected chi connectivity index (χ4v) is 1.94. The SMILES string of the molecule is COC(=O)CCCC(=O)NNC(=O)c1ccc2ccccc2n1. The molecule has 1 aromatic carbocycles. The molecule has 1 aromatic heterocycles. The van der Waals surface area contributed by atoms with E-state index >= 15 is 0 Å². The predicted octanol–water partition coefficient (Wildman–Crippen LogP) is 1.34. The normalized spacial score (nSPS) is 10.1. The van der Waals surface area contributed by atoms with Crippen LogP contribution in [0.15, 0.2) is 36.4 Å². The number of nitrogens with zero attached hydrogens (tertiary/aromatic N) is 1. The van der Waals surface area contributed by atoms with Crippen molar-refractivity contribution in [2.75, 3.05) is 7.11 Å². The molecule has 120 valence electrons. The van der Waals surface area contributed by atoms with E-state index in [0.29, 0.717) is 11.9 Å².